The van der Waals surface area contributed by atoms with E-state index in [2.05, 4.69) is 51.1 Å². The molecule has 0 bridgehead atoms. The van der Waals surface area contributed by atoms with E-state index in [0.717, 1.165) is 23.3 Å². The van der Waals surface area contributed by atoms with Gasteiger partial charge < -0.3 is 4.74 Å². The van der Waals surface area contributed by atoms with Gasteiger partial charge in [0.15, 0.2) is 0 Å². The van der Waals surface area contributed by atoms with Gasteiger partial charge in [0, 0.05) is 18.8 Å². The van der Waals surface area contributed by atoms with Gasteiger partial charge >= 0.3 is 0 Å². The average molecular weight is 421 g/mol. The van der Waals surface area contributed by atoms with Crippen LogP contribution < -0.4 is 4.74 Å². The van der Waals surface area contributed by atoms with Crippen LogP contribution in [-0.4, -0.2) is 11.6 Å². The molecule has 0 aliphatic heterocycles. The van der Waals surface area contributed by atoms with E-state index < -0.39 is 0 Å². The second kappa shape index (κ2) is 10.7. The molecular formula is C28H36O3. The fraction of sp³-hybridized carbons (Fsp3) is 0.500. The Hall–Kier alpha value is -2.42. The second-order valence-corrected chi connectivity index (χ2v) is 9.58. The van der Waals surface area contributed by atoms with Crippen molar-refractivity contribution in [1.29, 1.82) is 0 Å². The predicted molar refractivity (Wildman–Crippen MR) is 126 cm³/mol. The van der Waals surface area contributed by atoms with Crippen LogP contribution in [0.2, 0.25) is 0 Å². The minimum atomic E-state index is -0.0822. The molecule has 2 aromatic carbocycles. The van der Waals surface area contributed by atoms with Gasteiger partial charge in [0.1, 0.15) is 23.9 Å². The summed E-state index contributed by atoms with van der Waals surface area (Å²) in [6.07, 6.45) is 7.07. The topological polar surface area (TPSA) is 43.4 Å². The molecule has 0 saturated heterocycles. The van der Waals surface area contributed by atoms with Crippen molar-refractivity contribution in [3.63, 3.8) is 0 Å². The van der Waals surface area contributed by atoms with E-state index in [4.69, 9.17) is 4.74 Å². The summed E-state index contributed by atoms with van der Waals surface area (Å²) in [5.74, 6) is 0.808. The number of Topliss-reactive ketones (excluding diaryl/α,β-unsaturated/α-hetero) is 2. The molecule has 166 valence electrons. The Morgan fingerprint density at radius 3 is 2.32 bits per heavy atom. The van der Waals surface area contributed by atoms with Crippen LogP contribution in [0.3, 0.4) is 0 Å². The molecule has 0 N–H and O–H groups in total. The van der Waals surface area contributed by atoms with E-state index in [1.54, 1.807) is 0 Å². The smallest absolute Gasteiger partial charge is 0.140 e. The van der Waals surface area contributed by atoms with Crippen molar-refractivity contribution < 1.29 is 14.3 Å². The van der Waals surface area contributed by atoms with Crippen molar-refractivity contribution in [2.45, 2.75) is 90.1 Å². The molecule has 31 heavy (non-hydrogen) atoms. The fourth-order valence-electron chi connectivity index (χ4n) is 4.50. The van der Waals surface area contributed by atoms with Gasteiger partial charge in [-0.3, -0.25) is 9.59 Å². The number of hydrogen-bond acceptors (Lipinski definition) is 3. The molecule has 0 amide bonds. The Labute approximate surface area is 187 Å². The number of ether oxygens (including phenoxy) is 1. The van der Waals surface area contributed by atoms with Gasteiger partial charge in [0.05, 0.1) is 6.42 Å². The van der Waals surface area contributed by atoms with Crippen LogP contribution in [0.15, 0.2) is 48.5 Å². The van der Waals surface area contributed by atoms with Crippen LogP contribution in [0.25, 0.3) is 0 Å². The summed E-state index contributed by atoms with van der Waals surface area (Å²) < 4.78 is 6.30. The van der Waals surface area contributed by atoms with E-state index in [0.29, 0.717) is 19.4 Å². The maximum absolute atomic E-state index is 12.1. The molecule has 2 aromatic rings. The predicted octanol–water partition coefficient (Wildman–Crippen LogP) is 6.92. The van der Waals surface area contributed by atoms with Gasteiger partial charge in [-0.2, -0.15) is 0 Å². The zero-order valence-electron chi connectivity index (χ0n) is 19.3. The lowest BCUT2D eigenvalue weighted by Crippen LogP contribution is -2.22. The molecule has 0 heterocycles. The van der Waals surface area contributed by atoms with Gasteiger partial charge in [-0.25, -0.2) is 0 Å². The van der Waals surface area contributed by atoms with E-state index >= 15 is 0 Å². The number of hydrogen-bond donors (Lipinski definition) is 0. The zero-order valence-corrected chi connectivity index (χ0v) is 19.3. The van der Waals surface area contributed by atoms with Gasteiger partial charge in [0.25, 0.3) is 0 Å². The molecule has 3 nitrogen and oxygen atoms in total. The zero-order chi connectivity index (χ0) is 22.3. The number of carbonyl (C=O) groups is 2. The molecule has 0 atom stereocenters. The van der Waals surface area contributed by atoms with Crippen LogP contribution >= 0.6 is 0 Å². The Kier molecular flexibility index (Phi) is 8.06. The van der Waals surface area contributed by atoms with Crippen LogP contribution in [0.4, 0.5) is 0 Å². The minimum Gasteiger partial charge on any atom is -0.489 e. The van der Waals surface area contributed by atoms with Gasteiger partial charge in [-0.05, 0) is 34.6 Å². The fourth-order valence-corrected chi connectivity index (χ4v) is 4.50. The highest BCUT2D eigenvalue weighted by atomic mass is 16.5. The van der Waals surface area contributed by atoms with Gasteiger partial charge in [0.2, 0.25) is 0 Å². The van der Waals surface area contributed by atoms with Gasteiger partial charge in [-0.1, -0.05) is 88.9 Å². The lowest BCUT2D eigenvalue weighted by molar-refractivity contribution is -0.130. The van der Waals surface area contributed by atoms with Gasteiger partial charge in [-0.15, -0.1) is 0 Å². The quantitative estimate of drug-likeness (QED) is 0.309. The second-order valence-electron chi connectivity index (χ2n) is 9.58. The summed E-state index contributed by atoms with van der Waals surface area (Å²) in [5.41, 5.74) is 3.40. The number of ketones is 2. The molecule has 0 radical (unpaired) electrons. The SMILES string of the molecule is CCCCCCC(C)(C)c1ccc(C2CC(=O)CC(=O)C2)c(OCc2ccccc2)c1. The molecule has 1 fully saturated rings. The van der Waals surface area contributed by atoms with E-state index in [9.17, 15) is 9.59 Å². The van der Waals surface area contributed by atoms with Crippen molar-refractivity contribution in [2.24, 2.45) is 0 Å². The Balaban J connectivity index is 1.85. The molecular weight excluding hydrogens is 384 g/mol. The van der Waals surface area contributed by atoms with E-state index in [1.807, 2.05) is 18.2 Å². The summed E-state index contributed by atoms with van der Waals surface area (Å²) in [6.45, 7) is 7.30. The standard InChI is InChI=1S/C28H36O3/c1-4-5-6-10-15-28(2,3)23-13-14-26(22-16-24(29)19-25(30)17-22)27(18-23)31-20-21-11-8-7-9-12-21/h7-9,11-14,18,22H,4-6,10,15-17,19-20H2,1-3H3. The molecule has 1 aliphatic rings. The summed E-state index contributed by atoms with van der Waals surface area (Å²) in [5, 5.41) is 0. The Morgan fingerprint density at radius 1 is 0.935 bits per heavy atom. The average Bonchev–Trinajstić information content (AvgIpc) is 2.75. The maximum atomic E-state index is 12.1. The van der Waals surface area contributed by atoms with Crippen LogP contribution in [0, 0.1) is 0 Å². The summed E-state index contributed by atoms with van der Waals surface area (Å²) >= 11 is 0. The van der Waals surface area contributed by atoms with Crippen molar-refractivity contribution in [1.82, 2.24) is 0 Å². The van der Waals surface area contributed by atoms with Crippen LogP contribution in [0.1, 0.15) is 94.7 Å². The first-order valence-electron chi connectivity index (χ1n) is 11.7. The largest absolute Gasteiger partial charge is 0.489 e. The highest BCUT2D eigenvalue weighted by Crippen LogP contribution is 2.39. The summed E-state index contributed by atoms with van der Waals surface area (Å²) in [7, 11) is 0. The minimum absolute atomic E-state index is 0.0376. The molecule has 3 rings (SSSR count). The molecule has 3 heteroatoms. The van der Waals surface area contributed by atoms with Crippen molar-refractivity contribution in [2.75, 3.05) is 0 Å². The molecule has 0 aromatic heterocycles. The van der Waals surface area contributed by atoms with Crippen molar-refractivity contribution >= 4 is 11.6 Å². The molecule has 0 unspecified atom stereocenters. The highest BCUT2D eigenvalue weighted by molar-refractivity contribution is 6.02. The molecule has 0 spiro atoms. The van der Waals surface area contributed by atoms with Crippen molar-refractivity contribution in [3.05, 3.63) is 65.2 Å². The first kappa shape index (κ1) is 23.2. The van der Waals surface area contributed by atoms with Crippen LogP contribution in [-0.2, 0) is 21.6 Å². The van der Waals surface area contributed by atoms with E-state index in [-0.39, 0.29) is 29.3 Å². The highest BCUT2D eigenvalue weighted by Gasteiger charge is 2.30. The summed E-state index contributed by atoms with van der Waals surface area (Å²) in [6, 6.07) is 16.5. The Bertz CT molecular complexity index is 866. The normalized spacial score (nSPS) is 15.3. The number of carbonyl (C=O) groups excluding carboxylic acids is 2. The third kappa shape index (κ3) is 6.53. The Morgan fingerprint density at radius 2 is 1.65 bits per heavy atom. The molecule has 1 saturated carbocycles. The first-order chi connectivity index (χ1) is 14.9. The number of benzene rings is 2. The molecule has 1 aliphatic carbocycles. The third-order valence-electron chi connectivity index (χ3n) is 6.47. The lowest BCUT2D eigenvalue weighted by atomic mass is 9.77. The monoisotopic (exact) mass is 420 g/mol. The van der Waals surface area contributed by atoms with Crippen LogP contribution in [0.5, 0.6) is 5.75 Å². The summed E-state index contributed by atoms with van der Waals surface area (Å²) in [4.78, 5) is 24.2. The number of rotatable bonds is 10. The van der Waals surface area contributed by atoms with E-state index in [1.165, 1.54) is 31.2 Å². The maximum Gasteiger partial charge on any atom is 0.140 e. The van der Waals surface area contributed by atoms with Crippen molar-refractivity contribution in [3.8, 4) is 5.75 Å². The number of unbranched alkanes of at least 4 members (excludes halogenated alkanes) is 3. The lowest BCUT2D eigenvalue weighted by Gasteiger charge is -2.28. The first-order valence-corrected chi connectivity index (χ1v) is 11.7. The third-order valence-corrected chi connectivity index (χ3v) is 6.47.